The van der Waals surface area contributed by atoms with Crippen LogP contribution in [0.15, 0.2) is 60.8 Å². The average molecular weight is 435 g/mol. The van der Waals surface area contributed by atoms with Crippen molar-refractivity contribution in [3.8, 4) is 16.9 Å². The highest BCUT2D eigenvalue weighted by atomic mass is 15.1. The number of fused-ring (bicyclic) bond motifs is 6. The summed E-state index contributed by atoms with van der Waals surface area (Å²) < 4.78 is 22.0. The van der Waals surface area contributed by atoms with E-state index in [4.69, 9.17) is 7.73 Å². The van der Waals surface area contributed by atoms with Crippen LogP contribution >= 0.6 is 0 Å². The molecular weight excluding hydrogens is 402 g/mol. The van der Waals surface area contributed by atoms with E-state index < -0.39 is 6.37 Å². The number of nitrogens with zero attached hydrogens (tertiary/aromatic N) is 3. The predicted octanol–water partition coefficient (Wildman–Crippen LogP) is 6.39. The molecule has 0 bridgehead atoms. The first kappa shape index (κ1) is 18.0. The summed E-state index contributed by atoms with van der Waals surface area (Å²) >= 11 is 0. The normalized spacial score (nSPS) is 14.0. The van der Waals surface area contributed by atoms with Gasteiger partial charge in [0.05, 0.1) is 16.9 Å². The fourth-order valence-electron chi connectivity index (χ4n) is 5.59. The number of aromatic nitrogens is 3. The van der Waals surface area contributed by atoms with Gasteiger partial charge >= 0.3 is 0 Å². The molecule has 3 nitrogen and oxygen atoms in total. The molecule has 5 aromatic rings. The van der Waals surface area contributed by atoms with Gasteiger partial charge in [-0.2, -0.15) is 4.57 Å². The Bertz CT molecular complexity index is 1660. The molecule has 0 saturated carbocycles. The predicted molar refractivity (Wildman–Crippen MR) is 136 cm³/mol. The van der Waals surface area contributed by atoms with E-state index in [9.17, 15) is 0 Å². The third-order valence-electron chi connectivity index (χ3n) is 6.94. The highest BCUT2D eigenvalue weighted by Crippen LogP contribution is 2.43. The first-order chi connectivity index (χ1) is 16.7. The lowest BCUT2D eigenvalue weighted by atomic mass is 9.89. The van der Waals surface area contributed by atoms with Crippen LogP contribution in [0.4, 0.5) is 0 Å². The lowest BCUT2D eigenvalue weighted by Gasteiger charge is -2.17. The molecule has 0 fully saturated rings. The van der Waals surface area contributed by atoms with Gasteiger partial charge < -0.3 is 4.57 Å². The molecule has 0 aliphatic carbocycles. The van der Waals surface area contributed by atoms with Crippen molar-refractivity contribution in [2.75, 3.05) is 0 Å². The molecule has 0 amide bonds. The third-order valence-corrected chi connectivity index (χ3v) is 6.94. The number of pyridine rings is 1. The summed E-state index contributed by atoms with van der Waals surface area (Å²) in [5.74, 6) is 0.972. The van der Waals surface area contributed by atoms with E-state index in [1.165, 1.54) is 33.2 Å². The van der Waals surface area contributed by atoms with Crippen LogP contribution in [0.3, 0.4) is 0 Å². The van der Waals surface area contributed by atoms with Crippen LogP contribution in [0, 0.1) is 19.8 Å². The second-order valence-corrected chi connectivity index (χ2v) is 9.53. The molecule has 0 N–H and O–H groups in total. The Hall–Kier alpha value is -3.46. The molecule has 3 heterocycles. The molecule has 3 aromatic carbocycles. The minimum Gasteiger partial charge on any atom is -0.302 e. The van der Waals surface area contributed by atoms with Gasteiger partial charge in [-0.15, -0.1) is 0 Å². The van der Waals surface area contributed by atoms with Gasteiger partial charge in [0.25, 0.3) is 0 Å². The quantitative estimate of drug-likeness (QED) is 0.296. The van der Waals surface area contributed by atoms with Crippen molar-refractivity contribution in [3.05, 3.63) is 89.0 Å². The van der Waals surface area contributed by atoms with Gasteiger partial charge in [0, 0.05) is 38.3 Å². The zero-order valence-electron chi connectivity index (χ0n) is 21.9. The highest BCUT2D eigenvalue weighted by Gasteiger charge is 2.30. The van der Waals surface area contributed by atoms with Gasteiger partial charge in [-0.05, 0) is 54.3 Å². The highest BCUT2D eigenvalue weighted by molar-refractivity contribution is 6.00. The monoisotopic (exact) mass is 434 g/mol. The molecule has 0 spiro atoms. The summed E-state index contributed by atoms with van der Waals surface area (Å²) in [5, 5.41) is 3.48. The molecule has 0 radical (unpaired) electrons. The van der Waals surface area contributed by atoms with E-state index >= 15 is 0 Å². The number of hydrogen-bond acceptors (Lipinski definition) is 1. The van der Waals surface area contributed by atoms with Gasteiger partial charge in [0.2, 0.25) is 11.2 Å². The van der Waals surface area contributed by atoms with Crippen LogP contribution in [0.25, 0.3) is 38.6 Å². The lowest BCUT2D eigenvalue weighted by Crippen LogP contribution is -2.32. The molecule has 1 aliphatic heterocycles. The Morgan fingerprint density at radius 1 is 1.00 bits per heavy atom. The van der Waals surface area contributed by atoms with Gasteiger partial charge in [0.15, 0.2) is 0 Å². The largest absolute Gasteiger partial charge is 0.302 e. The minimum atomic E-state index is -1.40. The van der Waals surface area contributed by atoms with Crippen molar-refractivity contribution < 1.29 is 7.31 Å². The Labute approximate surface area is 198 Å². The summed E-state index contributed by atoms with van der Waals surface area (Å²) in [4.78, 5) is 4.82. The van der Waals surface area contributed by atoms with Gasteiger partial charge in [-0.25, -0.2) is 4.98 Å². The third kappa shape index (κ3) is 2.95. The maximum Gasteiger partial charge on any atom is 0.213 e. The van der Waals surface area contributed by atoms with Crippen LogP contribution in [0.5, 0.6) is 0 Å². The average Bonchev–Trinajstić information content (AvgIpc) is 3.36. The summed E-state index contributed by atoms with van der Waals surface area (Å²) in [6.45, 7) is 8.17. The zero-order valence-corrected chi connectivity index (χ0v) is 19.9. The Morgan fingerprint density at radius 3 is 2.58 bits per heavy atom. The Balaban J connectivity index is 1.67. The second-order valence-electron chi connectivity index (χ2n) is 9.53. The van der Waals surface area contributed by atoms with E-state index in [1.807, 2.05) is 26.0 Å². The maximum absolute atomic E-state index is 8.74. The van der Waals surface area contributed by atoms with Gasteiger partial charge in [-0.1, -0.05) is 50.2 Å². The van der Waals surface area contributed by atoms with Crippen molar-refractivity contribution in [2.24, 2.45) is 13.0 Å². The van der Waals surface area contributed by atoms with E-state index in [1.54, 1.807) is 0 Å². The molecule has 0 unspecified atom stereocenters. The van der Waals surface area contributed by atoms with Crippen molar-refractivity contribution in [2.45, 2.75) is 40.5 Å². The molecule has 0 saturated heterocycles. The summed E-state index contributed by atoms with van der Waals surface area (Å²) in [6.07, 6.45) is 1.55. The molecule has 6 rings (SSSR count). The van der Waals surface area contributed by atoms with E-state index in [-0.39, 0.29) is 5.92 Å². The Kier molecular flexibility index (Phi) is 3.97. The van der Waals surface area contributed by atoms with Crippen LogP contribution in [-0.2, 0) is 19.8 Å². The fourth-order valence-corrected chi connectivity index (χ4v) is 5.59. The van der Waals surface area contributed by atoms with Crippen molar-refractivity contribution in [3.63, 3.8) is 0 Å². The van der Waals surface area contributed by atoms with Crippen LogP contribution in [-0.4, -0.2) is 9.55 Å². The molecule has 1 aliphatic rings. The van der Waals surface area contributed by atoms with Crippen LogP contribution < -0.4 is 4.57 Å². The summed E-state index contributed by atoms with van der Waals surface area (Å²) in [6, 6.07) is 19.0. The maximum atomic E-state index is 8.74. The molecule has 2 aromatic heterocycles. The zero-order chi connectivity index (χ0) is 24.6. The second kappa shape index (κ2) is 7.28. The standard InChI is InChI=1S/C30H30N3/c1-18(2)15-21-9-8-12-26-23(21)13-14-27(32(26)5)29-20(4)22-10-6-7-11-24(22)30-25(29)16-28-31-19(3)17-33(28)30/h6-14,17-18H,15-16H2,1-5H3/q+1/i15D2. The van der Waals surface area contributed by atoms with E-state index in [0.29, 0.717) is 0 Å². The first-order valence-electron chi connectivity index (χ1n) is 12.7. The number of hydrogen-bond donors (Lipinski definition) is 0. The lowest BCUT2D eigenvalue weighted by molar-refractivity contribution is -0.633. The van der Waals surface area contributed by atoms with Crippen molar-refractivity contribution >= 4 is 21.7 Å². The van der Waals surface area contributed by atoms with E-state index in [0.717, 1.165) is 40.1 Å². The topological polar surface area (TPSA) is 21.7 Å². The smallest absolute Gasteiger partial charge is 0.213 e. The molecule has 0 atom stereocenters. The SMILES string of the molecule is [2H]C([2H])(c1cccc2c1ccc(-c1c3c(c4ccccc4c1C)-n1cc(C)nc1C3)[n+]2C)C(C)C. The number of aryl methyl sites for hydroxylation is 3. The first-order valence-corrected chi connectivity index (χ1v) is 11.7. The molecule has 3 heteroatoms. The summed E-state index contributed by atoms with van der Waals surface area (Å²) in [5.41, 5.74) is 9.05. The van der Waals surface area contributed by atoms with E-state index in [2.05, 4.69) is 78.7 Å². The molecular formula is C30H30N3+. The molecule has 33 heavy (non-hydrogen) atoms. The minimum absolute atomic E-state index is 0.116. The van der Waals surface area contributed by atoms with Crippen molar-refractivity contribution in [1.29, 1.82) is 0 Å². The number of rotatable bonds is 3. The number of benzene rings is 3. The number of imidazole rings is 1. The van der Waals surface area contributed by atoms with Crippen LogP contribution in [0.2, 0.25) is 0 Å². The van der Waals surface area contributed by atoms with Gasteiger partial charge in [0.1, 0.15) is 12.9 Å². The molecule has 164 valence electrons. The van der Waals surface area contributed by atoms with Crippen molar-refractivity contribution in [1.82, 2.24) is 9.55 Å². The van der Waals surface area contributed by atoms with Gasteiger partial charge in [-0.3, -0.25) is 0 Å². The summed E-state index contributed by atoms with van der Waals surface area (Å²) in [7, 11) is 2.10. The Morgan fingerprint density at radius 2 is 1.79 bits per heavy atom. The van der Waals surface area contributed by atoms with Crippen LogP contribution in [0.1, 0.15) is 44.8 Å². The fraction of sp³-hybridized carbons (Fsp3) is 0.267.